The maximum Gasteiger partial charge on any atom is 0.416 e. The number of benzene rings is 1. The Balaban J connectivity index is 2.52. The standard InChI is InChI=1S/C12H9F3N2O/c1-7-6-8(12(13,14)15)2-3-9(7)10-4-5-16-11(18)17-10/h2-6H,1H3,(H,16,17,18). The second-order valence-corrected chi connectivity index (χ2v) is 3.82. The van der Waals surface area contributed by atoms with Gasteiger partial charge in [0, 0.05) is 11.8 Å². The van der Waals surface area contributed by atoms with Crippen LogP contribution in [0.5, 0.6) is 0 Å². The Morgan fingerprint density at radius 3 is 2.50 bits per heavy atom. The van der Waals surface area contributed by atoms with Crippen molar-refractivity contribution >= 4 is 0 Å². The summed E-state index contributed by atoms with van der Waals surface area (Å²) in [5.74, 6) is 0. The van der Waals surface area contributed by atoms with Crippen molar-refractivity contribution in [3.8, 4) is 11.3 Å². The molecular formula is C12H9F3N2O. The SMILES string of the molecule is Cc1cc(C(F)(F)F)ccc1-c1ccnc(=O)[nH]1. The van der Waals surface area contributed by atoms with Gasteiger partial charge in [0.2, 0.25) is 0 Å². The molecule has 1 N–H and O–H groups in total. The summed E-state index contributed by atoms with van der Waals surface area (Å²) in [6, 6.07) is 4.91. The quantitative estimate of drug-likeness (QED) is 0.850. The molecule has 0 aliphatic carbocycles. The number of halogens is 3. The fraction of sp³-hybridized carbons (Fsp3) is 0.167. The number of hydrogen-bond acceptors (Lipinski definition) is 2. The van der Waals surface area contributed by atoms with Gasteiger partial charge in [-0.15, -0.1) is 0 Å². The van der Waals surface area contributed by atoms with Gasteiger partial charge in [0.15, 0.2) is 0 Å². The number of aryl methyl sites for hydroxylation is 1. The Hall–Kier alpha value is -2.11. The van der Waals surface area contributed by atoms with Crippen LogP contribution in [-0.4, -0.2) is 9.97 Å². The molecule has 0 amide bonds. The number of alkyl halides is 3. The van der Waals surface area contributed by atoms with E-state index in [1.807, 2.05) is 0 Å². The summed E-state index contributed by atoms with van der Waals surface area (Å²) in [6.45, 7) is 1.56. The molecule has 3 nitrogen and oxygen atoms in total. The molecule has 0 bridgehead atoms. The van der Waals surface area contributed by atoms with Crippen LogP contribution in [0.4, 0.5) is 13.2 Å². The summed E-state index contributed by atoms with van der Waals surface area (Å²) < 4.78 is 37.5. The van der Waals surface area contributed by atoms with E-state index in [-0.39, 0.29) is 0 Å². The third-order valence-electron chi connectivity index (χ3n) is 2.52. The van der Waals surface area contributed by atoms with Crippen molar-refractivity contribution in [2.24, 2.45) is 0 Å². The summed E-state index contributed by atoms with van der Waals surface area (Å²) >= 11 is 0. The summed E-state index contributed by atoms with van der Waals surface area (Å²) in [7, 11) is 0. The summed E-state index contributed by atoms with van der Waals surface area (Å²) in [5.41, 5.74) is 0.183. The van der Waals surface area contributed by atoms with Gasteiger partial charge in [0.1, 0.15) is 0 Å². The van der Waals surface area contributed by atoms with Crippen molar-refractivity contribution in [1.29, 1.82) is 0 Å². The molecule has 94 valence electrons. The van der Waals surface area contributed by atoms with Gasteiger partial charge in [-0.1, -0.05) is 6.07 Å². The molecule has 0 aliphatic heterocycles. The first-order chi connectivity index (χ1) is 8.38. The first-order valence-corrected chi connectivity index (χ1v) is 5.11. The fourth-order valence-corrected chi connectivity index (χ4v) is 1.67. The van der Waals surface area contributed by atoms with Crippen molar-refractivity contribution in [2.45, 2.75) is 13.1 Å². The van der Waals surface area contributed by atoms with Crippen molar-refractivity contribution in [1.82, 2.24) is 9.97 Å². The van der Waals surface area contributed by atoms with Crippen LogP contribution in [0, 0.1) is 6.92 Å². The summed E-state index contributed by atoms with van der Waals surface area (Å²) in [6.07, 6.45) is -3.06. The zero-order valence-corrected chi connectivity index (χ0v) is 9.38. The van der Waals surface area contributed by atoms with Crippen LogP contribution >= 0.6 is 0 Å². The zero-order chi connectivity index (χ0) is 13.3. The number of aromatic nitrogens is 2. The van der Waals surface area contributed by atoms with Gasteiger partial charge < -0.3 is 4.98 Å². The number of nitrogens with one attached hydrogen (secondary N) is 1. The highest BCUT2D eigenvalue weighted by molar-refractivity contribution is 5.63. The van der Waals surface area contributed by atoms with Gasteiger partial charge >= 0.3 is 11.9 Å². The third kappa shape index (κ3) is 2.42. The second kappa shape index (κ2) is 4.29. The van der Waals surface area contributed by atoms with Gasteiger partial charge in [-0.25, -0.2) is 9.78 Å². The molecule has 0 spiro atoms. The van der Waals surface area contributed by atoms with Crippen LogP contribution in [0.1, 0.15) is 11.1 Å². The number of H-pyrrole nitrogens is 1. The molecule has 0 radical (unpaired) electrons. The molecule has 2 rings (SSSR count). The lowest BCUT2D eigenvalue weighted by Gasteiger charge is -2.10. The third-order valence-corrected chi connectivity index (χ3v) is 2.52. The minimum atomic E-state index is -4.37. The predicted molar refractivity (Wildman–Crippen MR) is 60.0 cm³/mol. The van der Waals surface area contributed by atoms with Gasteiger partial charge in [-0.05, 0) is 30.7 Å². The number of hydrogen-bond donors (Lipinski definition) is 1. The highest BCUT2D eigenvalue weighted by atomic mass is 19.4. The van der Waals surface area contributed by atoms with E-state index in [0.29, 0.717) is 16.8 Å². The largest absolute Gasteiger partial charge is 0.416 e. The highest BCUT2D eigenvalue weighted by Gasteiger charge is 2.30. The molecule has 1 heterocycles. The lowest BCUT2D eigenvalue weighted by atomic mass is 10.0. The van der Waals surface area contributed by atoms with Crippen LogP contribution in [0.25, 0.3) is 11.3 Å². The number of aromatic amines is 1. The van der Waals surface area contributed by atoms with Crippen LogP contribution in [0.2, 0.25) is 0 Å². The topological polar surface area (TPSA) is 45.8 Å². The number of rotatable bonds is 1. The maximum atomic E-state index is 12.5. The molecule has 0 fully saturated rings. The van der Waals surface area contributed by atoms with E-state index < -0.39 is 17.4 Å². The van der Waals surface area contributed by atoms with Crippen LogP contribution < -0.4 is 5.69 Å². The van der Waals surface area contributed by atoms with E-state index in [0.717, 1.165) is 12.1 Å². The smallest absolute Gasteiger partial charge is 0.305 e. The molecular weight excluding hydrogens is 245 g/mol. The molecule has 0 saturated heterocycles. The highest BCUT2D eigenvalue weighted by Crippen LogP contribution is 2.32. The minimum Gasteiger partial charge on any atom is -0.305 e. The van der Waals surface area contributed by atoms with Gasteiger partial charge in [0.25, 0.3) is 0 Å². The Bertz CT molecular complexity index is 632. The van der Waals surface area contributed by atoms with E-state index in [1.165, 1.54) is 18.3 Å². The molecule has 1 aromatic heterocycles. The lowest BCUT2D eigenvalue weighted by Crippen LogP contribution is -2.10. The first-order valence-electron chi connectivity index (χ1n) is 5.11. The van der Waals surface area contributed by atoms with Crippen LogP contribution in [0.3, 0.4) is 0 Å². The van der Waals surface area contributed by atoms with Crippen molar-refractivity contribution < 1.29 is 13.2 Å². The summed E-state index contributed by atoms with van der Waals surface area (Å²) in [4.78, 5) is 17.0. The molecule has 0 aliphatic rings. The van der Waals surface area contributed by atoms with Gasteiger partial charge in [0.05, 0.1) is 11.3 Å². The molecule has 6 heteroatoms. The predicted octanol–water partition coefficient (Wildman–Crippen LogP) is 2.76. The van der Waals surface area contributed by atoms with Gasteiger partial charge in [-0.2, -0.15) is 13.2 Å². The zero-order valence-electron chi connectivity index (χ0n) is 9.38. The fourth-order valence-electron chi connectivity index (χ4n) is 1.67. The molecule has 0 saturated carbocycles. The summed E-state index contributed by atoms with van der Waals surface area (Å²) in [5, 5.41) is 0. The van der Waals surface area contributed by atoms with Gasteiger partial charge in [-0.3, -0.25) is 0 Å². The van der Waals surface area contributed by atoms with Crippen LogP contribution in [0.15, 0.2) is 35.3 Å². The Kier molecular flexibility index (Phi) is 2.94. The van der Waals surface area contributed by atoms with E-state index >= 15 is 0 Å². The Morgan fingerprint density at radius 1 is 1.22 bits per heavy atom. The molecule has 0 atom stereocenters. The number of nitrogens with zero attached hydrogens (tertiary/aromatic N) is 1. The van der Waals surface area contributed by atoms with E-state index in [4.69, 9.17) is 0 Å². The molecule has 2 aromatic rings. The Morgan fingerprint density at radius 2 is 1.94 bits per heavy atom. The van der Waals surface area contributed by atoms with E-state index in [2.05, 4.69) is 9.97 Å². The second-order valence-electron chi connectivity index (χ2n) is 3.82. The monoisotopic (exact) mass is 254 g/mol. The van der Waals surface area contributed by atoms with E-state index in [9.17, 15) is 18.0 Å². The average molecular weight is 254 g/mol. The molecule has 1 aromatic carbocycles. The van der Waals surface area contributed by atoms with Crippen molar-refractivity contribution in [3.63, 3.8) is 0 Å². The molecule has 0 unspecified atom stereocenters. The lowest BCUT2D eigenvalue weighted by molar-refractivity contribution is -0.137. The molecule has 18 heavy (non-hydrogen) atoms. The van der Waals surface area contributed by atoms with Crippen molar-refractivity contribution in [3.05, 3.63) is 52.1 Å². The van der Waals surface area contributed by atoms with Crippen LogP contribution in [-0.2, 0) is 6.18 Å². The maximum absolute atomic E-state index is 12.5. The normalized spacial score (nSPS) is 11.6. The van der Waals surface area contributed by atoms with Crippen molar-refractivity contribution in [2.75, 3.05) is 0 Å². The van der Waals surface area contributed by atoms with E-state index in [1.54, 1.807) is 6.92 Å². The first kappa shape index (κ1) is 12.3. The average Bonchev–Trinajstić information content (AvgIpc) is 2.27. The minimum absolute atomic E-state index is 0.437. The Labute approximate surface area is 100 Å².